The molecular weight excluding hydrogens is 336 g/mol. The van der Waals surface area contributed by atoms with Crippen LogP contribution in [0, 0.1) is 12.8 Å². The van der Waals surface area contributed by atoms with Gasteiger partial charge in [0.05, 0.1) is 11.2 Å². The number of aromatic nitrogens is 1. The molecule has 0 aromatic carbocycles. The topological polar surface area (TPSA) is 59.1 Å². The number of aryl methyl sites for hydroxylation is 1. The van der Waals surface area contributed by atoms with Gasteiger partial charge in [0, 0.05) is 11.4 Å². The van der Waals surface area contributed by atoms with Crippen LogP contribution in [0.4, 0.5) is 0 Å². The van der Waals surface area contributed by atoms with Crippen LogP contribution in [0.1, 0.15) is 30.7 Å². The van der Waals surface area contributed by atoms with Crippen molar-refractivity contribution in [3.63, 3.8) is 0 Å². The Hall–Kier alpha value is 0.0200. The van der Waals surface area contributed by atoms with Gasteiger partial charge in [0.2, 0.25) is 0 Å². The lowest BCUT2D eigenvalue weighted by Gasteiger charge is -2.30. The molecule has 4 nitrogen and oxygen atoms in total. The molecule has 0 amide bonds. The van der Waals surface area contributed by atoms with Crippen molar-refractivity contribution in [3.8, 4) is 0 Å². The lowest BCUT2D eigenvalue weighted by molar-refractivity contribution is 0.317. The van der Waals surface area contributed by atoms with Crippen molar-refractivity contribution in [2.75, 3.05) is 5.33 Å². The highest BCUT2D eigenvalue weighted by Crippen LogP contribution is 2.28. The maximum Gasteiger partial charge on any atom is 0.251 e. The molecule has 1 aromatic heterocycles. The second-order valence-corrected chi connectivity index (χ2v) is 8.45. The molecule has 7 heteroatoms. The summed E-state index contributed by atoms with van der Waals surface area (Å²) in [7, 11) is -3.40. The summed E-state index contributed by atoms with van der Waals surface area (Å²) in [6.07, 6.45) is 5.73. The van der Waals surface area contributed by atoms with Crippen molar-refractivity contribution in [1.29, 1.82) is 0 Å². The fourth-order valence-electron chi connectivity index (χ4n) is 2.27. The van der Waals surface area contributed by atoms with Crippen molar-refractivity contribution in [1.82, 2.24) is 9.71 Å². The first-order valence-electron chi connectivity index (χ1n) is 6.03. The third-order valence-electron chi connectivity index (χ3n) is 3.28. The van der Waals surface area contributed by atoms with E-state index in [1.165, 1.54) is 24.0 Å². The van der Waals surface area contributed by atoms with E-state index in [2.05, 4.69) is 25.6 Å². The predicted octanol–water partition coefficient (Wildman–Crippen LogP) is 2.68. The molecule has 1 fully saturated rings. The molecular formula is C11H17BrN2O2S2. The number of halogens is 1. The van der Waals surface area contributed by atoms with Crippen molar-refractivity contribution in [3.05, 3.63) is 11.2 Å². The molecule has 0 spiro atoms. The second-order valence-electron chi connectivity index (χ2n) is 4.62. The molecule has 2 unspecified atom stereocenters. The van der Waals surface area contributed by atoms with E-state index in [1.807, 2.05) is 6.92 Å². The molecule has 2 atom stereocenters. The van der Waals surface area contributed by atoms with Crippen LogP contribution in [0.15, 0.2) is 10.4 Å². The van der Waals surface area contributed by atoms with Gasteiger partial charge >= 0.3 is 0 Å². The lowest BCUT2D eigenvalue weighted by atomic mass is 9.87. The number of alkyl halides is 1. The van der Waals surface area contributed by atoms with Crippen molar-refractivity contribution in [2.24, 2.45) is 5.92 Å². The van der Waals surface area contributed by atoms with Gasteiger partial charge in [-0.25, -0.2) is 18.1 Å². The maximum atomic E-state index is 12.2. The van der Waals surface area contributed by atoms with E-state index in [1.54, 1.807) is 0 Å². The molecule has 0 aliphatic heterocycles. The summed E-state index contributed by atoms with van der Waals surface area (Å²) >= 11 is 4.69. The first kappa shape index (κ1) is 14.4. The Labute approximate surface area is 120 Å². The number of thiazole rings is 1. The average Bonchev–Trinajstić information content (AvgIpc) is 2.77. The molecule has 1 aliphatic carbocycles. The van der Waals surface area contributed by atoms with Crippen LogP contribution >= 0.6 is 27.3 Å². The Bertz CT molecular complexity index is 501. The molecule has 1 N–H and O–H groups in total. The van der Waals surface area contributed by atoms with Crippen molar-refractivity contribution >= 4 is 37.3 Å². The zero-order valence-corrected chi connectivity index (χ0v) is 13.4. The van der Waals surface area contributed by atoms with E-state index in [0.29, 0.717) is 10.1 Å². The highest BCUT2D eigenvalue weighted by atomic mass is 79.9. The number of nitrogens with one attached hydrogen (secondary N) is 1. The van der Waals surface area contributed by atoms with Gasteiger partial charge in [0.25, 0.3) is 10.0 Å². The Morgan fingerprint density at radius 3 is 2.83 bits per heavy atom. The largest absolute Gasteiger partial charge is 0.251 e. The Morgan fingerprint density at radius 1 is 1.50 bits per heavy atom. The third-order valence-corrected chi connectivity index (χ3v) is 6.97. The van der Waals surface area contributed by atoms with Gasteiger partial charge < -0.3 is 0 Å². The van der Waals surface area contributed by atoms with Crippen LogP contribution < -0.4 is 4.72 Å². The van der Waals surface area contributed by atoms with E-state index in [-0.39, 0.29) is 6.04 Å². The summed E-state index contributed by atoms with van der Waals surface area (Å²) in [5.74, 6) is 0.391. The van der Waals surface area contributed by atoms with E-state index >= 15 is 0 Å². The van der Waals surface area contributed by atoms with E-state index in [9.17, 15) is 8.42 Å². The Balaban J connectivity index is 2.12. The van der Waals surface area contributed by atoms with Gasteiger partial charge in [0.15, 0.2) is 4.21 Å². The lowest BCUT2D eigenvalue weighted by Crippen LogP contribution is -2.42. The zero-order chi connectivity index (χ0) is 13.2. The summed E-state index contributed by atoms with van der Waals surface area (Å²) in [6.45, 7) is 1.81. The average molecular weight is 353 g/mol. The van der Waals surface area contributed by atoms with Crippen LogP contribution in [0.5, 0.6) is 0 Å². The first-order chi connectivity index (χ1) is 8.53. The monoisotopic (exact) mass is 352 g/mol. The van der Waals surface area contributed by atoms with Crippen LogP contribution in [-0.4, -0.2) is 24.8 Å². The molecule has 1 aliphatic rings. The first-order valence-corrected chi connectivity index (χ1v) is 9.46. The van der Waals surface area contributed by atoms with Crippen LogP contribution in [0.25, 0.3) is 0 Å². The second kappa shape index (κ2) is 5.98. The standard InChI is InChI=1S/C11H17BrN2O2S2/c1-8-13-7-11(17-8)18(15,16)14-10-5-3-2-4-9(10)6-12/h7,9-10,14H,2-6H2,1H3. The number of rotatable bonds is 4. The minimum Gasteiger partial charge on any atom is -0.249 e. The maximum absolute atomic E-state index is 12.2. The van der Waals surface area contributed by atoms with Gasteiger partial charge in [-0.2, -0.15) is 0 Å². The molecule has 0 radical (unpaired) electrons. The van der Waals surface area contributed by atoms with Gasteiger partial charge in [-0.05, 0) is 25.7 Å². The molecule has 1 saturated carbocycles. The minimum atomic E-state index is -3.40. The van der Waals surface area contributed by atoms with Crippen LogP contribution in [0.2, 0.25) is 0 Å². The fourth-order valence-corrected chi connectivity index (χ4v) is 5.51. The third kappa shape index (κ3) is 3.31. The summed E-state index contributed by atoms with van der Waals surface area (Å²) in [5.41, 5.74) is 0. The molecule has 1 heterocycles. The van der Waals surface area contributed by atoms with E-state index < -0.39 is 10.0 Å². The highest BCUT2D eigenvalue weighted by Gasteiger charge is 2.29. The molecule has 1 aromatic rings. The Kier molecular flexibility index (Phi) is 4.80. The van der Waals surface area contributed by atoms with Crippen LogP contribution in [-0.2, 0) is 10.0 Å². The summed E-state index contributed by atoms with van der Waals surface area (Å²) in [4.78, 5) is 4.01. The van der Waals surface area contributed by atoms with Gasteiger partial charge in [-0.3, -0.25) is 0 Å². The predicted molar refractivity (Wildman–Crippen MR) is 76.7 cm³/mol. The molecule has 2 rings (SSSR count). The minimum absolute atomic E-state index is 0.0468. The van der Waals surface area contributed by atoms with Gasteiger partial charge in [0.1, 0.15) is 0 Å². The SMILES string of the molecule is Cc1ncc(S(=O)(=O)NC2CCCCC2CBr)s1. The van der Waals surface area contributed by atoms with E-state index in [4.69, 9.17) is 0 Å². The molecule has 18 heavy (non-hydrogen) atoms. The number of hydrogen-bond acceptors (Lipinski definition) is 4. The van der Waals surface area contributed by atoms with Crippen LogP contribution in [0.3, 0.4) is 0 Å². The number of nitrogens with zero attached hydrogens (tertiary/aromatic N) is 1. The number of hydrogen-bond donors (Lipinski definition) is 1. The molecule has 0 bridgehead atoms. The molecule has 102 valence electrons. The summed E-state index contributed by atoms with van der Waals surface area (Å²) in [5, 5.41) is 1.62. The number of sulfonamides is 1. The normalized spacial score (nSPS) is 25.2. The molecule has 0 saturated heterocycles. The van der Waals surface area contributed by atoms with Crippen molar-refractivity contribution < 1.29 is 8.42 Å². The van der Waals surface area contributed by atoms with Gasteiger partial charge in [-0.15, -0.1) is 11.3 Å². The van der Waals surface area contributed by atoms with Crippen molar-refractivity contribution in [2.45, 2.75) is 42.9 Å². The summed E-state index contributed by atoms with van der Waals surface area (Å²) in [6, 6.07) is 0.0468. The Morgan fingerprint density at radius 2 is 2.22 bits per heavy atom. The zero-order valence-electron chi connectivity index (χ0n) is 10.2. The fraction of sp³-hybridized carbons (Fsp3) is 0.727. The quantitative estimate of drug-likeness (QED) is 0.847. The smallest absolute Gasteiger partial charge is 0.249 e. The summed E-state index contributed by atoms with van der Waals surface area (Å²) < 4.78 is 27.6. The highest BCUT2D eigenvalue weighted by molar-refractivity contribution is 9.09. The van der Waals surface area contributed by atoms with Gasteiger partial charge in [-0.1, -0.05) is 28.8 Å². The van der Waals surface area contributed by atoms with E-state index in [0.717, 1.165) is 29.6 Å².